The first-order chi connectivity index (χ1) is 15.2. The minimum atomic E-state index is -1.14. The molecular formula is C24H25BN2O4. The zero-order chi connectivity index (χ0) is 21.7. The number of hydrogen-bond acceptors (Lipinski definition) is 4. The van der Waals surface area contributed by atoms with Crippen molar-refractivity contribution in [2.75, 3.05) is 13.1 Å². The number of benzene rings is 3. The Morgan fingerprint density at radius 1 is 0.613 bits per heavy atom. The topological polar surface area (TPSA) is 76.7 Å². The smallest absolute Gasteiger partial charge is 0.478 e. The van der Waals surface area contributed by atoms with Gasteiger partial charge in [0.05, 0.1) is 0 Å². The van der Waals surface area contributed by atoms with E-state index in [1.54, 1.807) is 24.3 Å². The number of carbonyl (C=O) groups excluding carboxylic acids is 2. The molecule has 0 radical (unpaired) electrons. The summed E-state index contributed by atoms with van der Waals surface area (Å²) in [6.45, 7) is 0.821. The molecule has 0 aliphatic carbocycles. The van der Waals surface area contributed by atoms with Gasteiger partial charge < -0.3 is 19.9 Å². The maximum atomic E-state index is 12.3. The molecule has 0 aliphatic rings. The molecule has 0 aromatic heterocycles. The van der Waals surface area contributed by atoms with Crippen LogP contribution in [-0.4, -0.2) is 32.4 Å². The van der Waals surface area contributed by atoms with Crippen molar-refractivity contribution >= 4 is 24.8 Å². The maximum Gasteiger partial charge on any atom is 0.639 e. The van der Waals surface area contributed by atoms with Crippen LogP contribution in [0.3, 0.4) is 0 Å². The standard InChI is InChI=1S/C24H25BN2O4/c28-23(26-18-16-20-10-4-1-5-11-20)30-25(22-14-8-3-9-15-22)31-24(29)27-19-17-21-12-6-2-7-13-21/h1-15H,16-19H2,(H,26,28)(H,27,29). The molecule has 2 amide bonds. The maximum absolute atomic E-state index is 12.3. The minimum absolute atomic E-state index is 0.410. The number of amides is 2. The Bertz CT molecular complexity index is 880. The van der Waals surface area contributed by atoms with Crippen LogP contribution in [0.15, 0.2) is 91.0 Å². The zero-order valence-corrected chi connectivity index (χ0v) is 17.2. The molecule has 0 fully saturated rings. The molecule has 3 aromatic rings. The summed E-state index contributed by atoms with van der Waals surface area (Å²) in [5, 5.41) is 5.39. The highest BCUT2D eigenvalue weighted by atomic mass is 16.7. The minimum Gasteiger partial charge on any atom is -0.478 e. The van der Waals surface area contributed by atoms with E-state index in [0.717, 1.165) is 11.1 Å². The monoisotopic (exact) mass is 416 g/mol. The van der Waals surface area contributed by atoms with Crippen molar-refractivity contribution in [3.05, 3.63) is 102 Å². The average molecular weight is 416 g/mol. The summed E-state index contributed by atoms with van der Waals surface area (Å²) in [6.07, 6.45) is 0.0447. The van der Waals surface area contributed by atoms with Crippen LogP contribution in [0.1, 0.15) is 11.1 Å². The van der Waals surface area contributed by atoms with E-state index in [9.17, 15) is 9.59 Å². The Morgan fingerprint density at radius 2 is 1.00 bits per heavy atom. The van der Waals surface area contributed by atoms with Gasteiger partial charge >= 0.3 is 19.3 Å². The van der Waals surface area contributed by atoms with Crippen LogP contribution < -0.4 is 16.1 Å². The number of hydrogen-bond donors (Lipinski definition) is 2. The van der Waals surface area contributed by atoms with Crippen molar-refractivity contribution in [3.8, 4) is 0 Å². The molecule has 0 saturated carbocycles. The molecule has 7 heteroatoms. The third kappa shape index (κ3) is 7.89. The lowest BCUT2D eigenvalue weighted by atomic mass is 9.79. The summed E-state index contributed by atoms with van der Waals surface area (Å²) in [5.74, 6) is 0. The van der Waals surface area contributed by atoms with Gasteiger partial charge in [-0.25, -0.2) is 9.59 Å². The summed E-state index contributed by atoms with van der Waals surface area (Å²) in [7, 11) is -1.14. The van der Waals surface area contributed by atoms with Crippen molar-refractivity contribution in [2.24, 2.45) is 0 Å². The van der Waals surface area contributed by atoms with E-state index < -0.39 is 19.3 Å². The highest BCUT2D eigenvalue weighted by molar-refractivity contribution is 6.64. The molecule has 0 aliphatic heterocycles. The molecule has 3 rings (SSSR count). The van der Waals surface area contributed by atoms with Crippen LogP contribution in [0.25, 0.3) is 0 Å². The molecule has 0 heterocycles. The molecule has 2 N–H and O–H groups in total. The molecule has 31 heavy (non-hydrogen) atoms. The van der Waals surface area contributed by atoms with Gasteiger partial charge in [-0.3, -0.25) is 0 Å². The average Bonchev–Trinajstić information content (AvgIpc) is 2.81. The zero-order valence-electron chi connectivity index (χ0n) is 17.2. The van der Waals surface area contributed by atoms with Crippen LogP contribution in [0.2, 0.25) is 0 Å². The van der Waals surface area contributed by atoms with Crippen LogP contribution in [0.5, 0.6) is 0 Å². The molecule has 0 saturated heterocycles. The summed E-state index contributed by atoms with van der Waals surface area (Å²) in [6, 6.07) is 28.5. The summed E-state index contributed by atoms with van der Waals surface area (Å²) in [4.78, 5) is 24.5. The molecule has 158 valence electrons. The Labute approximate surface area is 182 Å². The fourth-order valence-corrected chi connectivity index (χ4v) is 2.96. The van der Waals surface area contributed by atoms with Gasteiger partial charge in [0.15, 0.2) is 0 Å². The first kappa shape index (κ1) is 22.0. The highest BCUT2D eigenvalue weighted by Gasteiger charge is 2.30. The van der Waals surface area contributed by atoms with Crippen molar-refractivity contribution in [1.82, 2.24) is 10.6 Å². The second kappa shape index (κ2) is 12.1. The predicted octanol–water partition coefficient (Wildman–Crippen LogP) is 3.32. The van der Waals surface area contributed by atoms with Gasteiger partial charge in [-0.05, 0) is 24.0 Å². The second-order valence-corrected chi connectivity index (χ2v) is 6.88. The summed E-state index contributed by atoms with van der Waals surface area (Å²) >= 11 is 0. The number of nitrogens with one attached hydrogen (secondary N) is 2. The largest absolute Gasteiger partial charge is 0.639 e. The van der Waals surface area contributed by atoms with Gasteiger partial charge in [0.2, 0.25) is 0 Å². The van der Waals surface area contributed by atoms with Crippen LogP contribution in [0, 0.1) is 0 Å². The Hall–Kier alpha value is -3.74. The molecular weight excluding hydrogens is 391 g/mol. The van der Waals surface area contributed by atoms with E-state index in [-0.39, 0.29) is 0 Å². The van der Waals surface area contributed by atoms with Gasteiger partial charge in [0.25, 0.3) is 0 Å². The predicted molar refractivity (Wildman–Crippen MR) is 121 cm³/mol. The van der Waals surface area contributed by atoms with Gasteiger partial charge in [-0.15, -0.1) is 0 Å². The van der Waals surface area contributed by atoms with Gasteiger partial charge in [-0.2, -0.15) is 0 Å². The van der Waals surface area contributed by atoms with E-state index in [2.05, 4.69) is 10.6 Å². The quantitative estimate of drug-likeness (QED) is 0.525. The lowest BCUT2D eigenvalue weighted by molar-refractivity contribution is 0.174. The van der Waals surface area contributed by atoms with Crippen LogP contribution in [-0.2, 0) is 22.2 Å². The summed E-state index contributed by atoms with van der Waals surface area (Å²) < 4.78 is 10.8. The van der Waals surface area contributed by atoms with Crippen molar-refractivity contribution in [1.29, 1.82) is 0 Å². The first-order valence-electron chi connectivity index (χ1n) is 10.2. The first-order valence-corrected chi connectivity index (χ1v) is 10.2. The van der Waals surface area contributed by atoms with Crippen LogP contribution in [0.4, 0.5) is 9.59 Å². The number of carbonyl (C=O) groups is 2. The van der Waals surface area contributed by atoms with E-state index >= 15 is 0 Å². The fraction of sp³-hybridized carbons (Fsp3) is 0.167. The molecule has 0 spiro atoms. The van der Waals surface area contributed by atoms with E-state index in [1.165, 1.54) is 0 Å². The molecule has 0 bridgehead atoms. The van der Waals surface area contributed by atoms with Gasteiger partial charge in [0, 0.05) is 18.6 Å². The Morgan fingerprint density at radius 3 is 1.42 bits per heavy atom. The normalized spacial score (nSPS) is 10.1. The van der Waals surface area contributed by atoms with Crippen molar-refractivity contribution in [3.63, 3.8) is 0 Å². The Kier molecular flexibility index (Phi) is 8.55. The third-order valence-electron chi connectivity index (χ3n) is 4.55. The van der Waals surface area contributed by atoms with E-state index in [0.29, 0.717) is 31.4 Å². The highest BCUT2D eigenvalue weighted by Crippen LogP contribution is 2.01. The van der Waals surface area contributed by atoms with Gasteiger partial charge in [-0.1, -0.05) is 91.0 Å². The second-order valence-electron chi connectivity index (χ2n) is 6.88. The van der Waals surface area contributed by atoms with Crippen molar-refractivity contribution < 1.29 is 18.9 Å². The number of rotatable bonds is 9. The summed E-state index contributed by atoms with van der Waals surface area (Å²) in [5.41, 5.74) is 2.78. The molecule has 3 aromatic carbocycles. The molecule has 0 unspecified atom stereocenters. The van der Waals surface area contributed by atoms with E-state index in [1.807, 2.05) is 66.7 Å². The lowest BCUT2D eigenvalue weighted by Gasteiger charge is -2.16. The third-order valence-corrected chi connectivity index (χ3v) is 4.55. The fourth-order valence-electron chi connectivity index (χ4n) is 2.96. The molecule has 0 atom stereocenters. The molecule has 6 nitrogen and oxygen atoms in total. The lowest BCUT2D eigenvalue weighted by Crippen LogP contribution is -2.45. The van der Waals surface area contributed by atoms with Crippen molar-refractivity contribution in [2.45, 2.75) is 12.8 Å². The van der Waals surface area contributed by atoms with Crippen LogP contribution >= 0.6 is 0 Å². The SMILES string of the molecule is O=C(NCCc1ccccc1)OB(OC(=O)NCCc1ccccc1)c1ccccc1. The Balaban J connectivity index is 1.49. The van der Waals surface area contributed by atoms with Gasteiger partial charge in [0.1, 0.15) is 0 Å². The van der Waals surface area contributed by atoms with E-state index in [4.69, 9.17) is 9.31 Å².